The fourth-order valence-corrected chi connectivity index (χ4v) is 3.21. The van der Waals surface area contributed by atoms with E-state index in [-0.39, 0.29) is 5.56 Å². The van der Waals surface area contributed by atoms with E-state index in [9.17, 15) is 14.7 Å². The van der Waals surface area contributed by atoms with Crippen molar-refractivity contribution in [1.82, 2.24) is 0 Å². The molecule has 1 amide bonds. The molecule has 1 aliphatic rings. The van der Waals surface area contributed by atoms with Crippen molar-refractivity contribution in [2.24, 2.45) is 0 Å². The van der Waals surface area contributed by atoms with Crippen molar-refractivity contribution in [2.45, 2.75) is 18.9 Å². The average Bonchev–Trinajstić information content (AvgIpc) is 2.90. The summed E-state index contributed by atoms with van der Waals surface area (Å²) >= 11 is 0. The van der Waals surface area contributed by atoms with Crippen molar-refractivity contribution >= 4 is 17.4 Å². The molecule has 1 heterocycles. The summed E-state index contributed by atoms with van der Waals surface area (Å²) in [6, 6.07) is 8.24. The van der Waals surface area contributed by atoms with Crippen molar-refractivity contribution < 1.29 is 28.9 Å². The number of carbonyl (C=O) groups excluding carboxylic acids is 2. The molecule has 0 bridgehead atoms. The lowest BCUT2D eigenvalue weighted by Gasteiger charge is -2.21. The van der Waals surface area contributed by atoms with Gasteiger partial charge in [-0.15, -0.1) is 0 Å². The number of nitrogens with one attached hydrogen (secondary N) is 1. The van der Waals surface area contributed by atoms with Gasteiger partial charge in [0.15, 0.2) is 22.9 Å². The van der Waals surface area contributed by atoms with Gasteiger partial charge in [0, 0.05) is 16.8 Å². The van der Waals surface area contributed by atoms with Gasteiger partial charge in [-0.05, 0) is 25.1 Å². The summed E-state index contributed by atoms with van der Waals surface area (Å²) in [6.45, 7) is 1.85. The van der Waals surface area contributed by atoms with Crippen LogP contribution in [0.15, 0.2) is 30.3 Å². The van der Waals surface area contributed by atoms with Gasteiger partial charge in [0.25, 0.3) is 5.91 Å². The molecule has 0 radical (unpaired) electrons. The lowest BCUT2D eigenvalue weighted by Crippen LogP contribution is -2.36. The van der Waals surface area contributed by atoms with Crippen molar-refractivity contribution in [2.75, 3.05) is 26.6 Å². The van der Waals surface area contributed by atoms with Crippen LogP contribution in [0.1, 0.15) is 27.9 Å². The Morgan fingerprint density at radius 2 is 1.70 bits per heavy atom. The van der Waals surface area contributed by atoms with Crippen LogP contribution in [-0.4, -0.2) is 38.1 Å². The minimum absolute atomic E-state index is 0.242. The zero-order chi connectivity index (χ0) is 19.8. The summed E-state index contributed by atoms with van der Waals surface area (Å²) < 4.78 is 15.8. The highest BCUT2D eigenvalue weighted by Gasteiger charge is 2.47. The molecule has 7 heteroatoms. The predicted octanol–water partition coefficient (Wildman–Crippen LogP) is 2.43. The van der Waals surface area contributed by atoms with Crippen molar-refractivity contribution in [3.63, 3.8) is 0 Å². The number of hydrogen-bond donors (Lipinski definition) is 2. The number of ketones is 1. The number of Topliss-reactive ketones (excluding diaryl/α,β-unsaturated/α-hetero) is 1. The third-order valence-electron chi connectivity index (χ3n) is 4.65. The number of hydrogen-bond acceptors (Lipinski definition) is 6. The van der Waals surface area contributed by atoms with E-state index in [1.54, 1.807) is 12.1 Å². The smallest absolute Gasteiger partial charge is 0.261 e. The largest absolute Gasteiger partial charge is 0.493 e. The second-order valence-electron chi connectivity index (χ2n) is 6.38. The number of fused-ring (bicyclic) bond motifs is 1. The fraction of sp³-hybridized carbons (Fsp3) is 0.300. The van der Waals surface area contributed by atoms with Crippen molar-refractivity contribution in [3.05, 3.63) is 47.0 Å². The minimum Gasteiger partial charge on any atom is -0.493 e. The Labute approximate surface area is 156 Å². The molecule has 2 N–H and O–H groups in total. The summed E-state index contributed by atoms with van der Waals surface area (Å²) in [5, 5.41) is 13.6. The molecule has 0 aliphatic carbocycles. The van der Waals surface area contributed by atoms with Crippen LogP contribution >= 0.6 is 0 Å². The Bertz CT molecular complexity index is 898. The standard InChI is InChI=1S/C20H21NO6/c1-11-5-6-14-13(7-11)20(24,19(23)21-14)10-15(22)12-8-16(25-2)18(27-4)17(9-12)26-3/h5-9,24H,10H2,1-4H3,(H,21,23)/t20-/m0/s1. The number of carbonyl (C=O) groups is 2. The summed E-state index contributed by atoms with van der Waals surface area (Å²) in [6.07, 6.45) is -0.409. The third-order valence-corrected chi connectivity index (χ3v) is 4.65. The Kier molecular flexibility index (Phi) is 4.80. The first-order valence-electron chi connectivity index (χ1n) is 8.32. The SMILES string of the molecule is COc1cc(C(=O)C[C@@]2(O)C(=O)Nc3ccc(C)cc32)cc(OC)c1OC. The quantitative estimate of drug-likeness (QED) is 0.758. The minimum atomic E-state index is -1.93. The lowest BCUT2D eigenvalue weighted by atomic mass is 9.87. The molecule has 0 spiro atoms. The summed E-state index contributed by atoms with van der Waals surface area (Å²) in [5.41, 5.74) is 0.0913. The first-order valence-corrected chi connectivity index (χ1v) is 8.32. The van der Waals surface area contributed by atoms with Crippen LogP contribution in [0.4, 0.5) is 5.69 Å². The molecule has 1 aliphatic heterocycles. The molecular formula is C20H21NO6. The molecule has 0 unspecified atom stereocenters. The molecule has 2 aromatic rings. The topological polar surface area (TPSA) is 94.1 Å². The number of rotatable bonds is 6. The number of amides is 1. The first kappa shape index (κ1) is 18.7. The van der Waals surface area contributed by atoms with Crippen LogP contribution in [0.25, 0.3) is 0 Å². The van der Waals surface area contributed by atoms with Crippen LogP contribution in [-0.2, 0) is 10.4 Å². The van der Waals surface area contributed by atoms with E-state index in [1.165, 1.54) is 33.5 Å². The number of aryl methyl sites for hydroxylation is 1. The van der Waals surface area contributed by atoms with Crippen molar-refractivity contribution in [1.29, 1.82) is 0 Å². The van der Waals surface area contributed by atoms with Gasteiger partial charge >= 0.3 is 0 Å². The van der Waals surface area contributed by atoms with Gasteiger partial charge in [0.05, 0.1) is 27.8 Å². The van der Waals surface area contributed by atoms with Gasteiger partial charge in [0.1, 0.15) is 0 Å². The van der Waals surface area contributed by atoms with Gasteiger partial charge in [-0.1, -0.05) is 17.7 Å². The maximum atomic E-state index is 12.9. The van der Waals surface area contributed by atoms with E-state index in [0.29, 0.717) is 28.5 Å². The number of ether oxygens (including phenoxy) is 3. The monoisotopic (exact) mass is 371 g/mol. The molecule has 142 valence electrons. The Balaban J connectivity index is 1.99. The molecule has 0 saturated heterocycles. The predicted molar refractivity (Wildman–Crippen MR) is 98.8 cm³/mol. The third kappa shape index (κ3) is 3.10. The van der Waals surface area contributed by atoms with E-state index in [4.69, 9.17) is 14.2 Å². The zero-order valence-electron chi connectivity index (χ0n) is 15.6. The Morgan fingerprint density at radius 3 is 2.26 bits per heavy atom. The molecule has 27 heavy (non-hydrogen) atoms. The van der Waals surface area contributed by atoms with Crippen molar-refractivity contribution in [3.8, 4) is 17.2 Å². The molecule has 0 saturated carbocycles. The first-order chi connectivity index (χ1) is 12.8. The zero-order valence-corrected chi connectivity index (χ0v) is 15.6. The van der Waals surface area contributed by atoms with Crippen LogP contribution in [0.2, 0.25) is 0 Å². The van der Waals surface area contributed by atoms with Gasteiger partial charge in [-0.3, -0.25) is 9.59 Å². The number of methoxy groups -OCH3 is 3. The van der Waals surface area contributed by atoms with Gasteiger partial charge in [0.2, 0.25) is 5.75 Å². The highest BCUT2D eigenvalue weighted by molar-refractivity contribution is 6.09. The highest BCUT2D eigenvalue weighted by atomic mass is 16.5. The number of aliphatic hydroxyl groups is 1. The van der Waals surface area contributed by atoms with E-state index >= 15 is 0 Å². The molecule has 1 atom stereocenters. The Hall–Kier alpha value is -3.06. The van der Waals surface area contributed by atoms with E-state index in [0.717, 1.165) is 5.56 Å². The maximum Gasteiger partial charge on any atom is 0.261 e. The van der Waals surface area contributed by atoms with Gasteiger partial charge in [-0.2, -0.15) is 0 Å². The number of benzene rings is 2. The molecule has 0 aromatic heterocycles. The molecule has 0 fully saturated rings. The van der Waals surface area contributed by atoms with Crippen LogP contribution < -0.4 is 19.5 Å². The second-order valence-corrected chi connectivity index (χ2v) is 6.38. The summed E-state index contributed by atoms with van der Waals surface area (Å²) in [5.74, 6) is -0.0568. The molecular weight excluding hydrogens is 350 g/mol. The molecule has 7 nitrogen and oxygen atoms in total. The maximum absolute atomic E-state index is 12.9. The van der Waals surface area contributed by atoms with E-state index < -0.39 is 23.7 Å². The van der Waals surface area contributed by atoms with Gasteiger partial charge < -0.3 is 24.6 Å². The summed E-state index contributed by atoms with van der Waals surface area (Å²) in [7, 11) is 4.36. The van der Waals surface area contributed by atoms with E-state index in [1.807, 2.05) is 13.0 Å². The lowest BCUT2D eigenvalue weighted by molar-refractivity contribution is -0.133. The average molecular weight is 371 g/mol. The molecule has 3 rings (SSSR count). The van der Waals surface area contributed by atoms with Crippen LogP contribution in [0, 0.1) is 6.92 Å². The Morgan fingerprint density at radius 1 is 1.07 bits per heavy atom. The normalized spacial score (nSPS) is 17.9. The second kappa shape index (κ2) is 6.92. The van der Waals surface area contributed by atoms with Crippen LogP contribution in [0.3, 0.4) is 0 Å². The summed E-state index contributed by atoms with van der Waals surface area (Å²) in [4.78, 5) is 25.3. The molecule has 2 aromatic carbocycles. The van der Waals surface area contributed by atoms with Gasteiger partial charge in [-0.25, -0.2) is 0 Å². The number of anilines is 1. The highest BCUT2D eigenvalue weighted by Crippen LogP contribution is 2.42. The van der Waals surface area contributed by atoms with Crippen LogP contribution in [0.5, 0.6) is 17.2 Å². The van der Waals surface area contributed by atoms with E-state index in [2.05, 4.69) is 5.32 Å². The fourth-order valence-electron chi connectivity index (χ4n) is 3.21.